The van der Waals surface area contributed by atoms with Crippen molar-refractivity contribution in [3.05, 3.63) is 82.6 Å². The van der Waals surface area contributed by atoms with E-state index in [1.807, 2.05) is 68.0 Å². The van der Waals surface area contributed by atoms with Crippen molar-refractivity contribution in [1.82, 2.24) is 0 Å². The van der Waals surface area contributed by atoms with Gasteiger partial charge in [-0.05, 0) is 72.8 Å². The molecule has 0 spiro atoms. The van der Waals surface area contributed by atoms with Gasteiger partial charge < -0.3 is 37.9 Å². The molecule has 302 valence electrons. The van der Waals surface area contributed by atoms with Gasteiger partial charge >= 0.3 is 0 Å². The van der Waals surface area contributed by atoms with Crippen molar-refractivity contribution in [2.45, 2.75) is 12.8 Å². The largest absolute Gasteiger partial charge is 0.382 e. The van der Waals surface area contributed by atoms with Crippen LogP contribution in [0.4, 0.5) is 0 Å². The highest BCUT2D eigenvalue weighted by Crippen LogP contribution is 2.46. The molecule has 56 heavy (non-hydrogen) atoms. The highest BCUT2D eigenvalue weighted by molar-refractivity contribution is 7.30. The van der Waals surface area contributed by atoms with E-state index in [1.54, 1.807) is 14.2 Å². The first-order valence-corrected chi connectivity index (χ1v) is 23.6. The predicted molar refractivity (Wildman–Crippen MR) is 237 cm³/mol. The van der Waals surface area contributed by atoms with Gasteiger partial charge in [0.05, 0.1) is 92.5 Å². The molecule has 0 aromatic carbocycles. The molecule has 0 atom stereocenters. The second-order valence-corrected chi connectivity index (χ2v) is 19.0. The molecule has 14 heteroatoms. The Labute approximate surface area is 354 Å². The fourth-order valence-corrected chi connectivity index (χ4v) is 11.9. The van der Waals surface area contributed by atoms with Crippen molar-refractivity contribution >= 4 is 68.0 Å². The Morgan fingerprint density at radius 2 is 0.482 bits per heavy atom. The van der Waals surface area contributed by atoms with Crippen molar-refractivity contribution in [1.29, 1.82) is 0 Å². The molecule has 0 amide bonds. The molecule has 0 saturated carbocycles. The van der Waals surface area contributed by atoms with Gasteiger partial charge in [0, 0.05) is 85.6 Å². The predicted octanol–water partition coefficient (Wildman–Crippen LogP) is 10.9. The normalized spacial score (nSPS) is 11.7. The van der Waals surface area contributed by atoms with Crippen molar-refractivity contribution in [3.63, 3.8) is 0 Å². The maximum Gasteiger partial charge on any atom is 0.0701 e. The summed E-state index contributed by atoms with van der Waals surface area (Å²) in [6.45, 7) is 8.44. The lowest BCUT2D eigenvalue weighted by molar-refractivity contribution is 0.00412. The van der Waals surface area contributed by atoms with E-state index >= 15 is 0 Å². The Morgan fingerprint density at radius 3 is 0.750 bits per heavy atom. The van der Waals surface area contributed by atoms with E-state index in [9.17, 15) is 0 Å². The van der Waals surface area contributed by atoms with Crippen LogP contribution in [0.25, 0.3) is 48.8 Å². The molecule has 0 unspecified atom stereocenters. The standard InChI is InChI=1S/C42H50O8S6/c1-43-19-21-47-27-29-49-25-23-45-17-15-31-3-5-33(51-31)35-7-9-37(53-35)39-11-13-41(55-39)42-14-12-40(56-42)38-10-8-36(54-38)34-6-4-32(52-34)16-18-46-24-26-50-30-28-48-22-20-44-2/h3-14H,15-30H2,1-2H3. The molecule has 0 saturated heterocycles. The van der Waals surface area contributed by atoms with Crippen LogP contribution in [0.3, 0.4) is 0 Å². The summed E-state index contributed by atoms with van der Waals surface area (Å²) >= 11 is 11.2. The van der Waals surface area contributed by atoms with E-state index in [0.29, 0.717) is 92.5 Å². The van der Waals surface area contributed by atoms with Crippen LogP contribution < -0.4 is 0 Å². The maximum absolute atomic E-state index is 5.79. The van der Waals surface area contributed by atoms with Gasteiger partial charge in [-0.2, -0.15) is 0 Å². The zero-order valence-corrected chi connectivity index (χ0v) is 36.9. The summed E-state index contributed by atoms with van der Waals surface area (Å²) in [6, 6.07) is 27.0. The Kier molecular flexibility index (Phi) is 19.2. The van der Waals surface area contributed by atoms with E-state index in [2.05, 4.69) is 72.8 Å². The van der Waals surface area contributed by atoms with Crippen LogP contribution in [0, 0.1) is 0 Å². The third-order valence-electron chi connectivity index (χ3n) is 8.30. The lowest BCUT2D eigenvalue weighted by atomic mass is 10.3. The molecule has 8 nitrogen and oxygen atoms in total. The molecule has 0 aliphatic carbocycles. The van der Waals surface area contributed by atoms with Gasteiger partial charge in [0.25, 0.3) is 0 Å². The molecule has 0 aliphatic rings. The van der Waals surface area contributed by atoms with E-state index < -0.39 is 0 Å². The minimum Gasteiger partial charge on any atom is -0.382 e. The Hall–Kier alpha value is -2.12. The van der Waals surface area contributed by atoms with Crippen molar-refractivity contribution < 1.29 is 37.9 Å². The van der Waals surface area contributed by atoms with Gasteiger partial charge in [0.1, 0.15) is 0 Å². The van der Waals surface area contributed by atoms with Gasteiger partial charge in [-0.25, -0.2) is 0 Å². The van der Waals surface area contributed by atoms with E-state index in [1.165, 1.54) is 58.5 Å². The van der Waals surface area contributed by atoms with Gasteiger partial charge in [-0.15, -0.1) is 68.0 Å². The van der Waals surface area contributed by atoms with Crippen molar-refractivity contribution in [3.8, 4) is 48.8 Å². The summed E-state index contributed by atoms with van der Waals surface area (Å²) in [5.41, 5.74) is 0. The summed E-state index contributed by atoms with van der Waals surface area (Å²) in [6.07, 6.45) is 1.81. The number of hydrogen-bond donors (Lipinski definition) is 0. The van der Waals surface area contributed by atoms with Gasteiger partial charge in [0.15, 0.2) is 0 Å². The number of methoxy groups -OCH3 is 2. The molecule has 6 aromatic heterocycles. The molecule has 0 bridgehead atoms. The lowest BCUT2D eigenvalue weighted by Gasteiger charge is -2.06. The van der Waals surface area contributed by atoms with Gasteiger partial charge in [0.2, 0.25) is 0 Å². The Balaban J connectivity index is 0.910. The van der Waals surface area contributed by atoms with Crippen LogP contribution in [-0.4, -0.2) is 107 Å². The minimum absolute atomic E-state index is 0.575. The highest BCUT2D eigenvalue weighted by Gasteiger charge is 2.14. The van der Waals surface area contributed by atoms with Crippen LogP contribution in [0.1, 0.15) is 9.75 Å². The van der Waals surface area contributed by atoms with E-state index in [-0.39, 0.29) is 0 Å². The quantitative estimate of drug-likeness (QED) is 0.0432. The Morgan fingerprint density at radius 1 is 0.268 bits per heavy atom. The number of rotatable bonds is 29. The first kappa shape index (κ1) is 43.5. The summed E-state index contributed by atoms with van der Waals surface area (Å²) < 4.78 is 43.4. The Bertz CT molecular complexity index is 1810. The van der Waals surface area contributed by atoms with Gasteiger partial charge in [-0.1, -0.05) is 0 Å². The summed E-state index contributed by atoms with van der Waals surface area (Å²) in [5.74, 6) is 0. The fourth-order valence-electron chi connectivity index (χ4n) is 5.41. The average Bonchev–Trinajstić information content (AvgIpc) is 4.06. The van der Waals surface area contributed by atoms with Gasteiger partial charge in [-0.3, -0.25) is 0 Å². The van der Waals surface area contributed by atoms with Crippen LogP contribution in [0.2, 0.25) is 0 Å². The number of hydrogen-bond acceptors (Lipinski definition) is 14. The fraction of sp³-hybridized carbons (Fsp3) is 0.429. The molecule has 0 radical (unpaired) electrons. The smallest absolute Gasteiger partial charge is 0.0701 e. The monoisotopic (exact) mass is 874 g/mol. The number of thiophene rings is 6. The maximum atomic E-state index is 5.79. The van der Waals surface area contributed by atoms with Crippen molar-refractivity contribution in [2.24, 2.45) is 0 Å². The summed E-state index contributed by atoms with van der Waals surface area (Å²) in [4.78, 5) is 15.8. The molecule has 6 heterocycles. The molecule has 0 N–H and O–H groups in total. The lowest BCUT2D eigenvalue weighted by Crippen LogP contribution is -2.11. The molecule has 6 aromatic rings. The second-order valence-electron chi connectivity index (χ2n) is 12.3. The van der Waals surface area contributed by atoms with E-state index in [4.69, 9.17) is 37.9 Å². The van der Waals surface area contributed by atoms with Crippen LogP contribution in [-0.2, 0) is 50.7 Å². The topological polar surface area (TPSA) is 73.8 Å². The molecular weight excluding hydrogens is 825 g/mol. The second kappa shape index (κ2) is 24.7. The van der Waals surface area contributed by atoms with Crippen LogP contribution in [0.15, 0.2) is 72.8 Å². The highest BCUT2D eigenvalue weighted by atomic mass is 32.1. The molecular formula is C42H50O8S6. The first-order valence-electron chi connectivity index (χ1n) is 18.7. The molecule has 0 aliphatic heterocycles. The first-order chi connectivity index (χ1) is 27.7. The van der Waals surface area contributed by atoms with E-state index in [0.717, 1.165) is 12.8 Å². The molecule has 6 rings (SSSR count). The van der Waals surface area contributed by atoms with Crippen LogP contribution in [0.5, 0.6) is 0 Å². The molecule has 0 fully saturated rings. The zero-order valence-electron chi connectivity index (χ0n) is 32.0. The van der Waals surface area contributed by atoms with Crippen molar-refractivity contribution in [2.75, 3.05) is 107 Å². The third-order valence-corrected chi connectivity index (χ3v) is 15.9. The average molecular weight is 875 g/mol. The minimum atomic E-state index is 0.575. The summed E-state index contributed by atoms with van der Waals surface area (Å²) in [5, 5.41) is 0. The third kappa shape index (κ3) is 14.0. The SMILES string of the molecule is COCCOCCOCCOCCc1ccc(-c2ccc(-c3ccc(-c4ccc(-c5ccc(-c6ccc(CCOCCOCCOCCOC)s6)s5)s4)s3)s2)s1. The summed E-state index contributed by atoms with van der Waals surface area (Å²) in [7, 11) is 3.34. The van der Waals surface area contributed by atoms with Crippen LogP contribution >= 0.6 is 68.0 Å². The zero-order chi connectivity index (χ0) is 38.6. The number of ether oxygens (including phenoxy) is 8.